The van der Waals surface area contributed by atoms with Crippen LogP contribution in [0.4, 0.5) is 10.1 Å². The quantitative estimate of drug-likeness (QED) is 0.926. The van der Waals surface area contributed by atoms with Gasteiger partial charge < -0.3 is 10.2 Å². The second-order valence-corrected chi connectivity index (χ2v) is 4.58. The van der Waals surface area contributed by atoms with Crippen molar-refractivity contribution >= 4 is 27.5 Å². The Kier molecular flexibility index (Phi) is 4.29. The van der Waals surface area contributed by atoms with Crippen LogP contribution in [-0.2, 0) is 4.79 Å². The monoisotopic (exact) mass is 288 g/mol. The third-order valence-electron chi connectivity index (χ3n) is 2.20. The van der Waals surface area contributed by atoms with Crippen molar-refractivity contribution in [2.75, 3.05) is 26.0 Å². The third-order valence-corrected chi connectivity index (χ3v) is 2.80. The van der Waals surface area contributed by atoms with Gasteiger partial charge in [-0.25, -0.2) is 4.39 Å². The minimum absolute atomic E-state index is 0.0279. The molecule has 0 aliphatic heterocycles. The molecule has 0 bridgehead atoms. The van der Waals surface area contributed by atoms with E-state index in [1.165, 1.54) is 11.0 Å². The first kappa shape index (κ1) is 13.0. The molecule has 3 nitrogen and oxygen atoms in total. The lowest BCUT2D eigenvalue weighted by Crippen LogP contribution is -2.28. The second-order valence-electron chi connectivity index (χ2n) is 3.72. The highest BCUT2D eigenvalue weighted by Crippen LogP contribution is 2.23. The number of anilines is 1. The number of likely N-dealkylation sites (N-methyl/N-ethyl adjacent to an activating group) is 1. The SMILES string of the molecule is Cc1cc(F)c(Br)cc1NCC(=O)N(C)C. The first-order valence-electron chi connectivity index (χ1n) is 4.81. The molecule has 0 spiro atoms. The number of nitrogens with zero attached hydrogens (tertiary/aromatic N) is 1. The van der Waals surface area contributed by atoms with Crippen molar-refractivity contribution in [1.29, 1.82) is 0 Å². The predicted molar refractivity (Wildman–Crippen MR) is 66.0 cm³/mol. The van der Waals surface area contributed by atoms with Gasteiger partial charge in [0.15, 0.2) is 0 Å². The van der Waals surface area contributed by atoms with Gasteiger partial charge in [0.25, 0.3) is 0 Å². The van der Waals surface area contributed by atoms with Crippen LogP contribution in [0.2, 0.25) is 0 Å². The van der Waals surface area contributed by atoms with Crippen molar-refractivity contribution in [2.24, 2.45) is 0 Å². The summed E-state index contributed by atoms with van der Waals surface area (Å²) >= 11 is 3.11. The van der Waals surface area contributed by atoms with E-state index in [2.05, 4.69) is 21.2 Å². The Morgan fingerprint density at radius 3 is 2.69 bits per heavy atom. The number of carbonyl (C=O) groups excluding carboxylic acids is 1. The van der Waals surface area contributed by atoms with E-state index < -0.39 is 0 Å². The molecule has 88 valence electrons. The molecule has 0 heterocycles. The van der Waals surface area contributed by atoms with Gasteiger partial charge in [-0.05, 0) is 40.5 Å². The van der Waals surface area contributed by atoms with Gasteiger partial charge in [0.05, 0.1) is 11.0 Å². The van der Waals surface area contributed by atoms with E-state index in [0.717, 1.165) is 11.3 Å². The van der Waals surface area contributed by atoms with Crippen LogP contribution in [0.3, 0.4) is 0 Å². The van der Waals surface area contributed by atoms with Gasteiger partial charge in [-0.3, -0.25) is 4.79 Å². The van der Waals surface area contributed by atoms with Gasteiger partial charge in [-0.15, -0.1) is 0 Å². The molecule has 0 fully saturated rings. The molecule has 1 amide bonds. The fourth-order valence-corrected chi connectivity index (χ4v) is 1.51. The number of benzene rings is 1. The summed E-state index contributed by atoms with van der Waals surface area (Å²) in [4.78, 5) is 12.9. The maximum Gasteiger partial charge on any atom is 0.241 e. The maximum atomic E-state index is 13.1. The molecule has 0 radical (unpaired) electrons. The van der Waals surface area contributed by atoms with Crippen molar-refractivity contribution < 1.29 is 9.18 Å². The van der Waals surface area contributed by atoms with Crippen LogP contribution in [0, 0.1) is 12.7 Å². The summed E-state index contributed by atoms with van der Waals surface area (Å²) in [5, 5.41) is 2.97. The van der Waals surface area contributed by atoms with E-state index in [4.69, 9.17) is 0 Å². The Bertz CT molecular complexity index is 407. The van der Waals surface area contributed by atoms with Gasteiger partial charge in [-0.1, -0.05) is 0 Å². The Labute approximate surface area is 103 Å². The summed E-state index contributed by atoms with van der Waals surface area (Å²) < 4.78 is 13.5. The van der Waals surface area contributed by atoms with E-state index in [0.29, 0.717) is 4.47 Å². The van der Waals surface area contributed by atoms with Crippen LogP contribution >= 0.6 is 15.9 Å². The fourth-order valence-electron chi connectivity index (χ4n) is 1.17. The van der Waals surface area contributed by atoms with Gasteiger partial charge in [0, 0.05) is 19.8 Å². The molecule has 0 saturated carbocycles. The van der Waals surface area contributed by atoms with Crippen LogP contribution in [0.1, 0.15) is 5.56 Å². The summed E-state index contributed by atoms with van der Waals surface area (Å²) in [6.45, 7) is 1.99. The molecule has 1 N–H and O–H groups in total. The maximum absolute atomic E-state index is 13.1. The highest BCUT2D eigenvalue weighted by atomic mass is 79.9. The predicted octanol–water partition coefficient (Wildman–Crippen LogP) is 2.40. The molecule has 0 atom stereocenters. The van der Waals surface area contributed by atoms with E-state index in [1.807, 2.05) is 0 Å². The summed E-state index contributed by atoms with van der Waals surface area (Å²) in [5.74, 6) is -0.332. The molecule has 5 heteroatoms. The number of rotatable bonds is 3. The molecule has 0 aromatic heterocycles. The number of hydrogen-bond acceptors (Lipinski definition) is 2. The second kappa shape index (κ2) is 5.30. The fraction of sp³-hybridized carbons (Fsp3) is 0.364. The normalized spacial score (nSPS) is 10.1. The average molecular weight is 289 g/mol. The number of carbonyl (C=O) groups is 1. The Balaban J connectivity index is 2.75. The third kappa shape index (κ3) is 3.20. The molecule has 16 heavy (non-hydrogen) atoms. The number of aryl methyl sites for hydroxylation is 1. The van der Waals surface area contributed by atoms with Gasteiger partial charge in [0.1, 0.15) is 5.82 Å². The Morgan fingerprint density at radius 2 is 2.12 bits per heavy atom. The molecular formula is C11H14BrFN2O. The molecule has 1 aromatic carbocycles. The molecule has 0 aliphatic rings. The topological polar surface area (TPSA) is 32.3 Å². The molecule has 1 rings (SSSR count). The van der Waals surface area contributed by atoms with Gasteiger partial charge >= 0.3 is 0 Å². The lowest BCUT2D eigenvalue weighted by Gasteiger charge is -2.13. The van der Waals surface area contributed by atoms with Crippen molar-refractivity contribution in [2.45, 2.75) is 6.92 Å². The Morgan fingerprint density at radius 1 is 1.50 bits per heavy atom. The minimum atomic E-state index is -0.304. The zero-order valence-corrected chi connectivity index (χ0v) is 11.1. The minimum Gasteiger partial charge on any atom is -0.376 e. The summed E-state index contributed by atoms with van der Waals surface area (Å²) in [6.07, 6.45) is 0. The smallest absolute Gasteiger partial charge is 0.241 e. The average Bonchev–Trinajstić information content (AvgIpc) is 2.20. The molecule has 1 aromatic rings. The number of nitrogens with one attached hydrogen (secondary N) is 1. The van der Waals surface area contributed by atoms with Crippen molar-refractivity contribution in [3.63, 3.8) is 0 Å². The first-order chi connectivity index (χ1) is 7.41. The van der Waals surface area contributed by atoms with Gasteiger partial charge in [0.2, 0.25) is 5.91 Å². The van der Waals surface area contributed by atoms with Crippen molar-refractivity contribution in [3.05, 3.63) is 28.0 Å². The highest BCUT2D eigenvalue weighted by Gasteiger charge is 2.07. The first-order valence-corrected chi connectivity index (χ1v) is 5.60. The van der Waals surface area contributed by atoms with Crippen molar-refractivity contribution in [1.82, 2.24) is 4.90 Å². The van der Waals surface area contributed by atoms with Crippen LogP contribution in [0.5, 0.6) is 0 Å². The lowest BCUT2D eigenvalue weighted by atomic mass is 10.2. The van der Waals surface area contributed by atoms with E-state index in [1.54, 1.807) is 27.1 Å². The molecule has 0 unspecified atom stereocenters. The highest BCUT2D eigenvalue weighted by molar-refractivity contribution is 9.10. The van der Waals surface area contributed by atoms with Crippen molar-refractivity contribution in [3.8, 4) is 0 Å². The van der Waals surface area contributed by atoms with Gasteiger partial charge in [-0.2, -0.15) is 0 Å². The van der Waals surface area contributed by atoms with E-state index in [-0.39, 0.29) is 18.3 Å². The molecule has 0 aliphatic carbocycles. The lowest BCUT2D eigenvalue weighted by molar-refractivity contribution is -0.126. The van der Waals surface area contributed by atoms with Crippen LogP contribution in [-0.4, -0.2) is 31.4 Å². The zero-order valence-electron chi connectivity index (χ0n) is 9.47. The Hall–Kier alpha value is -1.10. The summed E-state index contributed by atoms with van der Waals surface area (Å²) in [6, 6.07) is 3.06. The largest absolute Gasteiger partial charge is 0.376 e. The number of halogens is 2. The van der Waals surface area contributed by atoms with E-state index >= 15 is 0 Å². The number of amides is 1. The molecule has 0 saturated heterocycles. The van der Waals surface area contributed by atoms with Crippen LogP contribution < -0.4 is 5.32 Å². The van der Waals surface area contributed by atoms with E-state index in [9.17, 15) is 9.18 Å². The standard InChI is InChI=1S/C11H14BrFN2O/c1-7-4-9(13)8(12)5-10(7)14-6-11(16)15(2)3/h4-5,14H,6H2,1-3H3. The van der Waals surface area contributed by atoms with Crippen LogP contribution in [0.15, 0.2) is 16.6 Å². The summed E-state index contributed by atoms with van der Waals surface area (Å²) in [7, 11) is 3.38. The van der Waals surface area contributed by atoms with Crippen LogP contribution in [0.25, 0.3) is 0 Å². The molecular weight excluding hydrogens is 275 g/mol. The number of hydrogen-bond donors (Lipinski definition) is 1. The summed E-state index contributed by atoms with van der Waals surface area (Å²) in [5.41, 5.74) is 1.52. The zero-order chi connectivity index (χ0) is 12.3.